The first-order chi connectivity index (χ1) is 11.5. The van der Waals surface area contributed by atoms with E-state index < -0.39 is 0 Å². The summed E-state index contributed by atoms with van der Waals surface area (Å²) in [4.78, 5) is 24.5. The lowest BCUT2D eigenvalue weighted by atomic mass is 10.1. The quantitative estimate of drug-likeness (QED) is 0.854. The molecule has 0 aliphatic carbocycles. The Morgan fingerprint density at radius 2 is 1.79 bits per heavy atom. The molecule has 0 saturated heterocycles. The molecule has 126 valence electrons. The first kappa shape index (κ1) is 17.5. The van der Waals surface area contributed by atoms with Gasteiger partial charge < -0.3 is 15.4 Å². The third-order valence-electron chi connectivity index (χ3n) is 3.23. The van der Waals surface area contributed by atoms with E-state index in [4.69, 9.17) is 4.74 Å². The lowest BCUT2D eigenvalue weighted by Crippen LogP contribution is -2.30. The van der Waals surface area contributed by atoms with E-state index in [1.807, 2.05) is 26.8 Å². The molecule has 5 nitrogen and oxygen atoms in total. The number of ether oxygens (including phenoxy) is 1. The minimum absolute atomic E-state index is 0.0498. The lowest BCUT2D eigenvalue weighted by Gasteiger charge is -2.12. The SMILES string of the molecule is CCOc1ccccc1C(=O)Nc1cccc(C(=O)NC(C)C)c1. The van der Waals surface area contributed by atoms with Crippen LogP contribution in [0.5, 0.6) is 5.75 Å². The number of para-hydroxylation sites is 1. The van der Waals surface area contributed by atoms with Gasteiger partial charge in [0.25, 0.3) is 11.8 Å². The van der Waals surface area contributed by atoms with Crippen LogP contribution >= 0.6 is 0 Å². The van der Waals surface area contributed by atoms with Crippen molar-refractivity contribution in [3.05, 3.63) is 59.7 Å². The van der Waals surface area contributed by atoms with Gasteiger partial charge in [0.05, 0.1) is 12.2 Å². The zero-order chi connectivity index (χ0) is 17.5. The Hall–Kier alpha value is -2.82. The van der Waals surface area contributed by atoms with Crippen LogP contribution in [-0.2, 0) is 0 Å². The summed E-state index contributed by atoms with van der Waals surface area (Å²) in [6, 6.07) is 13.9. The molecule has 2 aromatic rings. The van der Waals surface area contributed by atoms with E-state index in [-0.39, 0.29) is 17.9 Å². The maximum atomic E-state index is 12.5. The molecule has 0 fully saturated rings. The predicted octanol–water partition coefficient (Wildman–Crippen LogP) is 3.48. The van der Waals surface area contributed by atoms with Crippen molar-refractivity contribution < 1.29 is 14.3 Å². The summed E-state index contributed by atoms with van der Waals surface area (Å²) >= 11 is 0. The first-order valence-corrected chi connectivity index (χ1v) is 7.95. The van der Waals surface area contributed by atoms with Crippen LogP contribution in [0.2, 0.25) is 0 Å². The molecule has 0 radical (unpaired) electrons. The van der Waals surface area contributed by atoms with Gasteiger partial charge in [-0.1, -0.05) is 18.2 Å². The van der Waals surface area contributed by atoms with Gasteiger partial charge in [-0.25, -0.2) is 0 Å². The van der Waals surface area contributed by atoms with Gasteiger partial charge in [0.1, 0.15) is 5.75 Å². The van der Waals surface area contributed by atoms with Gasteiger partial charge in [-0.15, -0.1) is 0 Å². The molecule has 24 heavy (non-hydrogen) atoms. The van der Waals surface area contributed by atoms with Crippen molar-refractivity contribution in [1.29, 1.82) is 0 Å². The molecule has 2 amide bonds. The summed E-state index contributed by atoms with van der Waals surface area (Å²) in [5.41, 5.74) is 1.51. The fourth-order valence-electron chi connectivity index (χ4n) is 2.22. The van der Waals surface area contributed by atoms with Crippen molar-refractivity contribution in [1.82, 2.24) is 5.32 Å². The molecule has 0 unspecified atom stereocenters. The van der Waals surface area contributed by atoms with Crippen molar-refractivity contribution in [2.45, 2.75) is 26.8 Å². The van der Waals surface area contributed by atoms with Gasteiger partial charge in [0, 0.05) is 17.3 Å². The Morgan fingerprint density at radius 3 is 2.50 bits per heavy atom. The highest BCUT2D eigenvalue weighted by molar-refractivity contribution is 6.06. The molecular weight excluding hydrogens is 304 g/mol. The number of benzene rings is 2. The number of hydrogen-bond acceptors (Lipinski definition) is 3. The van der Waals surface area contributed by atoms with Crippen LogP contribution in [-0.4, -0.2) is 24.5 Å². The highest BCUT2D eigenvalue weighted by Crippen LogP contribution is 2.20. The highest BCUT2D eigenvalue weighted by atomic mass is 16.5. The topological polar surface area (TPSA) is 67.4 Å². The Kier molecular flexibility index (Phi) is 5.95. The normalized spacial score (nSPS) is 10.3. The van der Waals surface area contributed by atoms with Crippen LogP contribution in [0.25, 0.3) is 0 Å². The van der Waals surface area contributed by atoms with E-state index in [2.05, 4.69) is 10.6 Å². The third-order valence-corrected chi connectivity index (χ3v) is 3.23. The Balaban J connectivity index is 2.17. The molecule has 2 rings (SSSR count). The highest BCUT2D eigenvalue weighted by Gasteiger charge is 2.13. The molecule has 5 heteroatoms. The third kappa shape index (κ3) is 4.59. The maximum Gasteiger partial charge on any atom is 0.259 e. The molecule has 0 bridgehead atoms. The van der Waals surface area contributed by atoms with Gasteiger partial charge >= 0.3 is 0 Å². The zero-order valence-electron chi connectivity index (χ0n) is 14.1. The standard InChI is InChI=1S/C19H22N2O3/c1-4-24-17-11-6-5-10-16(17)19(23)21-15-9-7-8-14(12-15)18(22)20-13(2)3/h5-13H,4H2,1-3H3,(H,20,22)(H,21,23). The number of rotatable bonds is 6. The molecule has 0 aliphatic rings. The Labute approximate surface area is 142 Å². The van der Waals surface area contributed by atoms with Crippen LogP contribution in [0.4, 0.5) is 5.69 Å². The van der Waals surface area contributed by atoms with Crippen molar-refractivity contribution in [2.75, 3.05) is 11.9 Å². The minimum atomic E-state index is -0.277. The minimum Gasteiger partial charge on any atom is -0.493 e. The van der Waals surface area contributed by atoms with Crippen LogP contribution < -0.4 is 15.4 Å². The maximum absolute atomic E-state index is 12.5. The summed E-state index contributed by atoms with van der Waals surface area (Å²) in [5, 5.41) is 5.63. The number of nitrogens with one attached hydrogen (secondary N) is 2. The number of anilines is 1. The summed E-state index contributed by atoms with van der Waals surface area (Å²) in [6.07, 6.45) is 0. The number of carbonyl (C=O) groups excluding carboxylic acids is 2. The molecule has 0 saturated carbocycles. The van der Waals surface area contributed by atoms with Crippen molar-refractivity contribution >= 4 is 17.5 Å². The molecule has 0 aromatic heterocycles. The van der Waals surface area contributed by atoms with Crippen LogP contribution in [0.15, 0.2) is 48.5 Å². The average Bonchev–Trinajstić information content (AvgIpc) is 2.55. The molecule has 0 spiro atoms. The monoisotopic (exact) mass is 326 g/mol. The Morgan fingerprint density at radius 1 is 1.04 bits per heavy atom. The number of hydrogen-bond donors (Lipinski definition) is 2. The van der Waals surface area contributed by atoms with E-state index in [0.29, 0.717) is 29.2 Å². The van der Waals surface area contributed by atoms with Gasteiger partial charge in [-0.05, 0) is 51.1 Å². The van der Waals surface area contributed by atoms with Crippen molar-refractivity contribution in [3.8, 4) is 5.75 Å². The smallest absolute Gasteiger partial charge is 0.259 e. The van der Waals surface area contributed by atoms with E-state index in [0.717, 1.165) is 0 Å². The Bertz CT molecular complexity index is 726. The number of amides is 2. The second kappa shape index (κ2) is 8.15. The molecule has 0 atom stereocenters. The van der Waals surface area contributed by atoms with E-state index in [9.17, 15) is 9.59 Å². The molecule has 2 aromatic carbocycles. The first-order valence-electron chi connectivity index (χ1n) is 7.95. The predicted molar refractivity (Wildman–Crippen MR) is 94.6 cm³/mol. The van der Waals surface area contributed by atoms with Crippen molar-refractivity contribution in [2.24, 2.45) is 0 Å². The lowest BCUT2D eigenvalue weighted by molar-refractivity contribution is 0.0941. The van der Waals surface area contributed by atoms with Crippen molar-refractivity contribution in [3.63, 3.8) is 0 Å². The summed E-state index contributed by atoms with van der Waals surface area (Å²) in [7, 11) is 0. The summed E-state index contributed by atoms with van der Waals surface area (Å²) in [6.45, 7) is 6.14. The molecule has 0 heterocycles. The summed E-state index contributed by atoms with van der Waals surface area (Å²) < 4.78 is 5.48. The fourth-order valence-corrected chi connectivity index (χ4v) is 2.22. The fraction of sp³-hybridized carbons (Fsp3) is 0.263. The van der Waals surface area contributed by atoms with E-state index >= 15 is 0 Å². The van der Waals surface area contributed by atoms with Crippen LogP contribution in [0, 0.1) is 0 Å². The van der Waals surface area contributed by atoms with Gasteiger partial charge in [0.2, 0.25) is 0 Å². The van der Waals surface area contributed by atoms with Gasteiger partial charge in [-0.3, -0.25) is 9.59 Å². The van der Waals surface area contributed by atoms with E-state index in [1.165, 1.54) is 0 Å². The zero-order valence-corrected chi connectivity index (χ0v) is 14.1. The molecule has 2 N–H and O–H groups in total. The van der Waals surface area contributed by atoms with Crippen LogP contribution in [0.3, 0.4) is 0 Å². The largest absolute Gasteiger partial charge is 0.493 e. The molecular formula is C19H22N2O3. The second-order valence-electron chi connectivity index (χ2n) is 5.59. The van der Waals surface area contributed by atoms with Crippen LogP contribution in [0.1, 0.15) is 41.5 Å². The summed E-state index contributed by atoms with van der Waals surface area (Å²) in [5.74, 6) is 0.0856. The average molecular weight is 326 g/mol. The molecule has 0 aliphatic heterocycles. The van der Waals surface area contributed by atoms with E-state index in [1.54, 1.807) is 42.5 Å². The van der Waals surface area contributed by atoms with Gasteiger partial charge in [0.15, 0.2) is 0 Å². The number of carbonyl (C=O) groups is 2. The van der Waals surface area contributed by atoms with Gasteiger partial charge in [-0.2, -0.15) is 0 Å². The second-order valence-corrected chi connectivity index (χ2v) is 5.59.